The summed E-state index contributed by atoms with van der Waals surface area (Å²) in [6.07, 6.45) is 6.37. The molecule has 8 aromatic rings. The molecule has 0 spiro atoms. The molecule has 10 rings (SSSR count). The lowest BCUT2D eigenvalue weighted by molar-refractivity contribution is 0.381. The van der Waals surface area contributed by atoms with Crippen LogP contribution in [-0.2, 0) is 57.5 Å². The maximum Gasteiger partial charge on any atom is 0.488 e. The smallest absolute Gasteiger partial charge is 0.488 e. The molecular weight excluding hydrogens is 1170 g/mol. The fraction of sp³-hybridized carbons (Fsp3) is 0.192. The molecule has 28 heteroatoms. The van der Waals surface area contributed by atoms with Gasteiger partial charge in [-0.1, -0.05) is 24.3 Å². The fourth-order valence-corrected chi connectivity index (χ4v) is 11.7. The minimum absolute atomic E-state index is 0.00250. The Morgan fingerprint density at radius 2 is 1.01 bits per heavy atom. The van der Waals surface area contributed by atoms with Gasteiger partial charge < -0.3 is 19.5 Å². The number of ether oxygens (including phenoxy) is 2. The zero-order valence-corrected chi connectivity index (χ0v) is 45.2. The number of hydrogen-bond acceptors (Lipinski definition) is 14. The summed E-state index contributed by atoms with van der Waals surface area (Å²) in [4.78, 5) is 41.6. The average molecular weight is 1210 g/mol. The van der Waals surface area contributed by atoms with Crippen LogP contribution in [0.4, 0.5) is 26.3 Å². The SMILES string of the molecule is COc1cc(-c2ccc(F)c(F)c2)c(F)cc1-n1c2c(ccc1=O)CN(S(=O)(=O)Cc1ncccn1)CC2.COc1cc(Br)c(F)cc1-n1c2c(ccc1=O)CN(S(=O)(=O)Cc1ncccn1)CC2.OB(O)c1ccc(F)c(F)c1. The van der Waals surface area contributed by atoms with E-state index in [9.17, 15) is 48.4 Å². The van der Waals surface area contributed by atoms with Crippen LogP contribution in [0.25, 0.3) is 22.5 Å². The number of methoxy groups -OCH3 is 2. The van der Waals surface area contributed by atoms with Gasteiger partial charge in [0.25, 0.3) is 11.1 Å². The molecule has 0 unspecified atom stereocenters. The number of nitrogens with zero attached hydrogens (tertiary/aromatic N) is 8. The molecule has 0 saturated heterocycles. The number of benzene rings is 4. The van der Waals surface area contributed by atoms with Crippen LogP contribution in [0.3, 0.4) is 0 Å². The van der Waals surface area contributed by atoms with Crippen LogP contribution in [0.2, 0.25) is 0 Å². The summed E-state index contributed by atoms with van der Waals surface area (Å²) >= 11 is 3.12. The minimum Gasteiger partial charge on any atom is -0.495 e. The number of sulfonamides is 2. The third-order valence-electron chi connectivity index (χ3n) is 12.6. The van der Waals surface area contributed by atoms with Crippen molar-refractivity contribution in [3.8, 4) is 34.0 Å². The number of hydrogen-bond donors (Lipinski definition) is 2. The zero-order valence-electron chi connectivity index (χ0n) is 42.0. The van der Waals surface area contributed by atoms with Crippen molar-refractivity contribution in [1.29, 1.82) is 0 Å². The van der Waals surface area contributed by atoms with Crippen LogP contribution in [-0.4, -0.2) is 99.0 Å². The highest BCUT2D eigenvalue weighted by Crippen LogP contribution is 2.35. The Morgan fingerprint density at radius 1 is 0.562 bits per heavy atom. The predicted octanol–water partition coefficient (Wildman–Crippen LogP) is 5.68. The molecule has 2 N–H and O–H groups in total. The largest absolute Gasteiger partial charge is 0.495 e. The van der Waals surface area contributed by atoms with Gasteiger partial charge in [-0.05, 0) is 86.6 Å². The molecule has 0 aliphatic carbocycles. The number of halogens is 7. The van der Waals surface area contributed by atoms with Gasteiger partial charge in [0, 0.05) is 105 Å². The van der Waals surface area contributed by atoms with Crippen molar-refractivity contribution in [3.63, 3.8) is 0 Å². The van der Waals surface area contributed by atoms with Gasteiger partial charge in [0.2, 0.25) is 20.0 Å². The molecule has 0 radical (unpaired) electrons. The van der Waals surface area contributed by atoms with Crippen molar-refractivity contribution in [2.75, 3.05) is 27.3 Å². The molecule has 4 aromatic carbocycles. The first kappa shape index (κ1) is 58.6. The molecule has 80 heavy (non-hydrogen) atoms. The first-order chi connectivity index (χ1) is 38.1. The van der Waals surface area contributed by atoms with Crippen molar-refractivity contribution in [3.05, 3.63) is 216 Å². The van der Waals surface area contributed by atoms with Crippen LogP contribution >= 0.6 is 15.9 Å². The summed E-state index contributed by atoms with van der Waals surface area (Å²) in [5.41, 5.74) is 1.90. The van der Waals surface area contributed by atoms with Gasteiger partial charge in [0.15, 0.2) is 23.3 Å². The summed E-state index contributed by atoms with van der Waals surface area (Å²) in [7, 11) is -6.40. The van der Waals surface area contributed by atoms with Gasteiger partial charge >= 0.3 is 7.12 Å². The third-order valence-corrected chi connectivity index (χ3v) is 16.6. The molecule has 6 heterocycles. The van der Waals surface area contributed by atoms with E-state index in [4.69, 9.17) is 19.5 Å². The van der Waals surface area contributed by atoms with Gasteiger partial charge in [0.1, 0.15) is 46.3 Å². The van der Waals surface area contributed by atoms with Crippen molar-refractivity contribution >= 4 is 48.6 Å². The standard InChI is InChI=1S/C26H21F3N4O4S.C20H18BrFN4O4S.C6H5BF2O2/c1-37-24-12-18(16-3-5-19(27)21(29)11-16)20(28)13-23(24)33-22-7-10-32(14-17(22)4-6-26(33)34)38(35,36)15-25-30-8-2-9-31-25;1-30-18-9-14(21)15(22)10-17(18)26-16-5-8-25(11-13(16)3-4-20(26)27)31(28,29)12-19-23-6-2-7-24-19;8-5-2-1-4(7(10)11)3-6(5)9/h2-6,8-9,11-13H,7,10,14-15H2,1H3;2-4,6-7,9-10H,5,8,11-12H2,1H3;1-3,10-11H. The van der Waals surface area contributed by atoms with Crippen LogP contribution in [0.1, 0.15) is 34.2 Å². The van der Waals surface area contributed by atoms with E-state index >= 15 is 4.39 Å². The van der Waals surface area contributed by atoms with E-state index in [1.54, 1.807) is 24.3 Å². The van der Waals surface area contributed by atoms with Crippen LogP contribution < -0.4 is 26.1 Å². The molecule has 4 aromatic heterocycles. The Labute approximate surface area is 461 Å². The molecule has 0 fully saturated rings. The second-order valence-electron chi connectivity index (χ2n) is 17.6. The number of pyridine rings is 2. The molecule has 2 aliphatic heterocycles. The van der Waals surface area contributed by atoms with Gasteiger partial charge in [-0.25, -0.2) is 63.1 Å². The zero-order chi connectivity index (χ0) is 57.6. The van der Waals surface area contributed by atoms with E-state index in [1.807, 2.05) is 0 Å². The lowest BCUT2D eigenvalue weighted by Gasteiger charge is -2.30. The lowest BCUT2D eigenvalue weighted by atomic mass is 9.80. The van der Waals surface area contributed by atoms with E-state index < -0.39 is 67.6 Å². The fourth-order valence-electron chi connectivity index (χ4n) is 8.69. The highest BCUT2D eigenvalue weighted by atomic mass is 79.9. The highest BCUT2D eigenvalue weighted by Gasteiger charge is 2.32. The Hall–Kier alpha value is -7.60. The molecule has 416 valence electrons. The number of aromatic nitrogens is 6. The van der Waals surface area contributed by atoms with Gasteiger partial charge in [-0.2, -0.15) is 8.61 Å². The van der Waals surface area contributed by atoms with Crippen LogP contribution in [0, 0.1) is 34.9 Å². The molecule has 0 atom stereocenters. The Balaban J connectivity index is 0.000000179. The van der Waals surface area contributed by atoms with Crippen molar-refractivity contribution in [1.82, 2.24) is 37.7 Å². The minimum atomic E-state index is -3.75. The summed E-state index contributed by atoms with van der Waals surface area (Å²) in [6, 6.07) is 19.7. The van der Waals surface area contributed by atoms with Crippen molar-refractivity contribution in [2.45, 2.75) is 37.4 Å². The van der Waals surface area contributed by atoms with Gasteiger partial charge in [-0.15, -0.1) is 0 Å². The van der Waals surface area contributed by atoms with Crippen LogP contribution in [0.5, 0.6) is 11.5 Å². The molecule has 18 nitrogen and oxygen atoms in total. The van der Waals surface area contributed by atoms with Crippen molar-refractivity contribution in [2.24, 2.45) is 0 Å². The Morgan fingerprint density at radius 3 is 1.46 bits per heavy atom. The summed E-state index contributed by atoms with van der Waals surface area (Å²) in [5.74, 6) is -5.45. The van der Waals surface area contributed by atoms with Crippen LogP contribution in [0.15, 0.2) is 136 Å². The Kier molecular flexibility index (Phi) is 18.2. The van der Waals surface area contributed by atoms with E-state index in [-0.39, 0.29) is 106 Å². The van der Waals surface area contributed by atoms with Gasteiger partial charge in [0.05, 0.1) is 30.1 Å². The lowest BCUT2D eigenvalue weighted by Crippen LogP contribution is -2.39. The van der Waals surface area contributed by atoms with Crippen molar-refractivity contribution < 1.29 is 62.7 Å². The second-order valence-corrected chi connectivity index (χ2v) is 22.4. The van der Waals surface area contributed by atoms with Gasteiger partial charge in [-0.3, -0.25) is 18.7 Å². The number of fused-ring (bicyclic) bond motifs is 2. The highest BCUT2D eigenvalue weighted by molar-refractivity contribution is 9.10. The molecule has 0 bridgehead atoms. The summed E-state index contributed by atoms with van der Waals surface area (Å²) in [5, 5.41) is 17.0. The quantitative estimate of drug-likeness (QED) is 0.111. The number of rotatable bonds is 12. The van der Waals surface area contributed by atoms with E-state index in [1.165, 1.54) is 93.1 Å². The first-order valence-corrected chi connectivity index (χ1v) is 27.7. The Bertz CT molecular complexity index is 3970. The van der Waals surface area contributed by atoms with E-state index in [2.05, 4.69) is 35.9 Å². The molecular formula is C52H44BBrF6N8O10S2. The summed E-state index contributed by atoms with van der Waals surface area (Å²) in [6.45, 7) is 0.352. The van der Waals surface area contributed by atoms with E-state index in [0.717, 1.165) is 36.4 Å². The third kappa shape index (κ3) is 13.2. The first-order valence-electron chi connectivity index (χ1n) is 23.7. The average Bonchev–Trinajstić information content (AvgIpc) is 3.43. The molecule has 0 amide bonds. The molecule has 2 aliphatic rings. The second kappa shape index (κ2) is 24.8. The predicted molar refractivity (Wildman–Crippen MR) is 284 cm³/mol. The normalized spacial score (nSPS) is 13.4. The maximum atomic E-state index is 15.3. The van der Waals surface area contributed by atoms with E-state index in [0.29, 0.717) is 28.3 Å². The molecule has 0 saturated carbocycles. The maximum absolute atomic E-state index is 15.3. The topological polar surface area (TPSA) is 229 Å². The summed E-state index contributed by atoms with van der Waals surface area (Å²) < 4.78 is 149. The monoisotopic (exact) mass is 1210 g/mol.